The predicted octanol–water partition coefficient (Wildman–Crippen LogP) is 1.33. The zero-order valence-electron chi connectivity index (χ0n) is 12.9. The Bertz CT molecular complexity index is 911. The molecule has 24 heavy (non-hydrogen) atoms. The maximum absolute atomic E-state index is 12.8. The summed E-state index contributed by atoms with van der Waals surface area (Å²) in [6, 6.07) is 10.6. The standard InChI is InChI=1S/C16H17N3O3S.ClH/c17-12-7-8-18(9-12)15(20)10-19-13-5-1-3-11-4-2-6-14(16(11)13)23(19,21)22;/h1-6,12H,7-10,17H2;1H/t12-;/m1./s1. The second kappa shape index (κ2) is 5.91. The number of halogens is 1. The number of carbonyl (C=O) groups excluding carboxylic acids is 1. The lowest BCUT2D eigenvalue weighted by Crippen LogP contribution is -2.41. The molecule has 128 valence electrons. The Balaban J connectivity index is 0.00000169. The Morgan fingerprint density at radius 1 is 1.21 bits per heavy atom. The van der Waals surface area contributed by atoms with Crippen LogP contribution in [-0.2, 0) is 14.8 Å². The summed E-state index contributed by atoms with van der Waals surface area (Å²) in [4.78, 5) is 14.4. The smallest absolute Gasteiger partial charge is 0.265 e. The van der Waals surface area contributed by atoms with Gasteiger partial charge in [0.2, 0.25) is 5.91 Å². The van der Waals surface area contributed by atoms with Crippen LogP contribution in [0.4, 0.5) is 5.69 Å². The summed E-state index contributed by atoms with van der Waals surface area (Å²) in [5.74, 6) is -0.202. The molecule has 2 aromatic carbocycles. The summed E-state index contributed by atoms with van der Waals surface area (Å²) in [5, 5.41) is 1.56. The van der Waals surface area contributed by atoms with Crippen molar-refractivity contribution in [1.29, 1.82) is 0 Å². The van der Waals surface area contributed by atoms with Crippen molar-refractivity contribution in [3.05, 3.63) is 36.4 Å². The van der Waals surface area contributed by atoms with Crippen LogP contribution < -0.4 is 10.0 Å². The van der Waals surface area contributed by atoms with Gasteiger partial charge in [0.25, 0.3) is 10.0 Å². The van der Waals surface area contributed by atoms with Crippen LogP contribution in [0, 0.1) is 0 Å². The van der Waals surface area contributed by atoms with E-state index in [-0.39, 0.29) is 35.8 Å². The quantitative estimate of drug-likeness (QED) is 0.867. The number of hydrogen-bond acceptors (Lipinski definition) is 4. The van der Waals surface area contributed by atoms with Gasteiger partial charge in [-0.1, -0.05) is 24.3 Å². The molecule has 2 N–H and O–H groups in total. The van der Waals surface area contributed by atoms with Gasteiger partial charge in [0, 0.05) is 24.5 Å². The first-order chi connectivity index (χ1) is 11.0. The number of hydrogen-bond donors (Lipinski definition) is 1. The lowest BCUT2D eigenvalue weighted by Gasteiger charge is -2.22. The van der Waals surface area contributed by atoms with Crippen LogP contribution in [0.15, 0.2) is 41.3 Å². The molecule has 1 amide bonds. The lowest BCUT2D eigenvalue weighted by molar-refractivity contribution is -0.128. The summed E-state index contributed by atoms with van der Waals surface area (Å²) in [7, 11) is -3.68. The van der Waals surface area contributed by atoms with Crippen molar-refractivity contribution in [2.24, 2.45) is 5.73 Å². The summed E-state index contributed by atoms with van der Waals surface area (Å²) in [5.41, 5.74) is 6.41. The van der Waals surface area contributed by atoms with Crippen molar-refractivity contribution in [2.75, 3.05) is 23.9 Å². The SMILES string of the molecule is Cl.N[C@@H]1CCN(C(=O)CN2c3cccc4cccc(c34)S2(=O)=O)C1. The van der Waals surface area contributed by atoms with Crippen molar-refractivity contribution in [1.82, 2.24) is 4.90 Å². The Labute approximate surface area is 146 Å². The first-order valence-corrected chi connectivity index (χ1v) is 9.00. The molecule has 2 aliphatic rings. The van der Waals surface area contributed by atoms with Crippen molar-refractivity contribution in [3.63, 3.8) is 0 Å². The molecule has 0 unspecified atom stereocenters. The first-order valence-electron chi connectivity index (χ1n) is 7.56. The molecule has 0 aromatic heterocycles. The van der Waals surface area contributed by atoms with Crippen LogP contribution in [0.2, 0.25) is 0 Å². The average Bonchev–Trinajstić information content (AvgIpc) is 3.05. The van der Waals surface area contributed by atoms with E-state index in [1.807, 2.05) is 18.2 Å². The maximum atomic E-state index is 12.8. The Hall–Kier alpha value is -1.83. The van der Waals surface area contributed by atoms with Crippen LogP contribution in [-0.4, -0.2) is 44.9 Å². The van der Waals surface area contributed by atoms with Gasteiger partial charge in [-0.15, -0.1) is 12.4 Å². The van der Waals surface area contributed by atoms with Crippen molar-refractivity contribution in [2.45, 2.75) is 17.4 Å². The van der Waals surface area contributed by atoms with Crippen molar-refractivity contribution >= 4 is 44.8 Å². The Kier molecular flexibility index (Phi) is 4.19. The van der Waals surface area contributed by atoms with Gasteiger partial charge in [0.15, 0.2) is 0 Å². The van der Waals surface area contributed by atoms with Crippen LogP contribution >= 0.6 is 12.4 Å². The molecule has 2 heterocycles. The van der Waals surface area contributed by atoms with E-state index in [0.717, 1.165) is 11.8 Å². The number of nitrogens with two attached hydrogens (primary N) is 1. The minimum atomic E-state index is -3.68. The number of nitrogens with zero attached hydrogens (tertiary/aromatic N) is 2. The van der Waals surface area contributed by atoms with Gasteiger partial charge >= 0.3 is 0 Å². The van der Waals surface area contributed by atoms with Gasteiger partial charge in [-0.2, -0.15) is 0 Å². The highest BCUT2D eigenvalue weighted by molar-refractivity contribution is 7.93. The summed E-state index contributed by atoms with van der Waals surface area (Å²) < 4.78 is 26.8. The minimum absolute atomic E-state index is 0. The van der Waals surface area contributed by atoms with Gasteiger partial charge in [0.05, 0.1) is 10.6 Å². The molecule has 0 radical (unpaired) electrons. The highest BCUT2D eigenvalue weighted by Gasteiger charge is 2.38. The van der Waals surface area contributed by atoms with Crippen LogP contribution in [0.1, 0.15) is 6.42 Å². The normalized spacial score (nSPS) is 21.1. The zero-order valence-corrected chi connectivity index (χ0v) is 14.5. The van der Waals surface area contributed by atoms with E-state index in [1.54, 1.807) is 23.1 Å². The summed E-state index contributed by atoms with van der Waals surface area (Å²) >= 11 is 0. The molecular weight excluding hydrogens is 350 g/mol. The van der Waals surface area contributed by atoms with Crippen molar-refractivity contribution < 1.29 is 13.2 Å². The van der Waals surface area contributed by atoms with Crippen molar-refractivity contribution in [3.8, 4) is 0 Å². The van der Waals surface area contributed by atoms with Gasteiger partial charge in [-0.3, -0.25) is 9.10 Å². The van der Waals surface area contributed by atoms with E-state index in [2.05, 4.69) is 0 Å². The van der Waals surface area contributed by atoms with Gasteiger partial charge < -0.3 is 10.6 Å². The topological polar surface area (TPSA) is 83.7 Å². The fourth-order valence-electron chi connectivity index (χ4n) is 3.37. The summed E-state index contributed by atoms with van der Waals surface area (Å²) in [6.45, 7) is 0.901. The average molecular weight is 368 g/mol. The number of anilines is 1. The van der Waals surface area contributed by atoms with E-state index in [1.165, 1.54) is 4.31 Å². The number of benzene rings is 2. The molecule has 2 aliphatic heterocycles. The number of rotatable bonds is 2. The molecule has 1 fully saturated rings. The molecule has 0 saturated carbocycles. The molecule has 4 rings (SSSR count). The molecule has 2 aromatic rings. The predicted molar refractivity (Wildman–Crippen MR) is 94.9 cm³/mol. The number of sulfonamides is 1. The molecule has 1 saturated heterocycles. The second-order valence-electron chi connectivity index (χ2n) is 6.03. The molecule has 0 aliphatic carbocycles. The zero-order chi connectivity index (χ0) is 16.2. The summed E-state index contributed by atoms with van der Waals surface area (Å²) in [6.07, 6.45) is 0.758. The number of amides is 1. The van der Waals surface area contributed by atoms with Crippen LogP contribution in [0.3, 0.4) is 0 Å². The molecule has 0 bridgehead atoms. The third-order valence-electron chi connectivity index (χ3n) is 4.54. The van der Waals surface area contributed by atoms with E-state index in [4.69, 9.17) is 5.73 Å². The molecule has 1 atom stereocenters. The van der Waals surface area contributed by atoms with Gasteiger partial charge in [-0.25, -0.2) is 8.42 Å². The lowest BCUT2D eigenvalue weighted by atomic mass is 10.1. The van der Waals surface area contributed by atoms with E-state index in [9.17, 15) is 13.2 Å². The number of likely N-dealkylation sites (tertiary alicyclic amines) is 1. The highest BCUT2D eigenvalue weighted by atomic mass is 35.5. The van der Waals surface area contributed by atoms with E-state index in [0.29, 0.717) is 24.2 Å². The van der Waals surface area contributed by atoms with Crippen LogP contribution in [0.5, 0.6) is 0 Å². The van der Waals surface area contributed by atoms with Gasteiger partial charge in [0.1, 0.15) is 6.54 Å². The highest BCUT2D eigenvalue weighted by Crippen LogP contribution is 2.41. The fraction of sp³-hybridized carbons (Fsp3) is 0.312. The Morgan fingerprint density at radius 2 is 1.92 bits per heavy atom. The third kappa shape index (κ3) is 2.44. The monoisotopic (exact) mass is 367 g/mol. The van der Waals surface area contributed by atoms with Gasteiger partial charge in [-0.05, 0) is 23.9 Å². The fourth-order valence-corrected chi connectivity index (χ4v) is 5.03. The largest absolute Gasteiger partial charge is 0.340 e. The number of carbonyl (C=O) groups is 1. The minimum Gasteiger partial charge on any atom is -0.340 e. The molecule has 8 heteroatoms. The van der Waals surface area contributed by atoms with Crippen LogP contribution in [0.25, 0.3) is 10.8 Å². The third-order valence-corrected chi connectivity index (χ3v) is 6.34. The molecular formula is C16H18ClN3O3S. The maximum Gasteiger partial charge on any atom is 0.265 e. The van der Waals surface area contributed by atoms with E-state index >= 15 is 0 Å². The first kappa shape index (κ1) is 17.0. The molecule has 0 spiro atoms. The second-order valence-corrected chi connectivity index (χ2v) is 7.86. The molecule has 6 nitrogen and oxygen atoms in total. The van der Waals surface area contributed by atoms with E-state index < -0.39 is 10.0 Å². The Morgan fingerprint density at radius 3 is 2.58 bits per heavy atom.